The Kier molecular flexibility index (Phi) is 4.76. The van der Waals surface area contributed by atoms with Gasteiger partial charge in [0.05, 0.1) is 6.04 Å². The maximum atomic E-state index is 12.1. The van der Waals surface area contributed by atoms with Crippen LogP contribution in [0.3, 0.4) is 0 Å². The number of hydrogen-bond acceptors (Lipinski definition) is 4. The Hall–Kier alpha value is -2.56. The van der Waals surface area contributed by atoms with Crippen molar-refractivity contribution < 1.29 is 9.53 Å². The summed E-state index contributed by atoms with van der Waals surface area (Å²) in [5.74, 6) is 0.929. The number of alkyl carbamates (subject to hydrolysis) is 1. The average molecular weight is 311 g/mol. The van der Waals surface area contributed by atoms with Crippen molar-refractivity contribution in [1.29, 1.82) is 0 Å². The second-order valence-electron chi connectivity index (χ2n) is 5.74. The first-order valence-electron chi connectivity index (χ1n) is 7.87. The van der Waals surface area contributed by atoms with Gasteiger partial charge in [0.15, 0.2) is 0 Å². The van der Waals surface area contributed by atoms with Crippen LogP contribution in [0.25, 0.3) is 0 Å². The molecule has 0 bridgehead atoms. The van der Waals surface area contributed by atoms with E-state index >= 15 is 0 Å². The SMILES string of the molecule is CN1CCCC(NC(=O)OCc2ccccc2)c2cccnc21. The largest absolute Gasteiger partial charge is 0.445 e. The lowest BCUT2D eigenvalue weighted by atomic mass is 10.0. The topological polar surface area (TPSA) is 54.5 Å². The second-order valence-corrected chi connectivity index (χ2v) is 5.74. The Morgan fingerprint density at radius 1 is 1.30 bits per heavy atom. The molecule has 0 fully saturated rings. The standard InChI is InChI=1S/C18H21N3O2/c1-21-12-6-10-16(15-9-5-11-19-17(15)21)20-18(22)23-13-14-7-3-2-4-8-14/h2-5,7-9,11,16H,6,10,12-13H2,1H3,(H,20,22). The van der Waals surface area contributed by atoms with E-state index in [4.69, 9.17) is 4.74 Å². The summed E-state index contributed by atoms with van der Waals surface area (Å²) >= 11 is 0. The molecule has 23 heavy (non-hydrogen) atoms. The number of carbonyl (C=O) groups excluding carboxylic acids is 1. The maximum absolute atomic E-state index is 12.1. The second kappa shape index (κ2) is 7.13. The number of rotatable bonds is 3. The molecular weight excluding hydrogens is 290 g/mol. The molecular formula is C18H21N3O2. The summed E-state index contributed by atoms with van der Waals surface area (Å²) in [4.78, 5) is 18.7. The van der Waals surface area contributed by atoms with Crippen molar-refractivity contribution in [3.8, 4) is 0 Å². The molecule has 2 aromatic rings. The van der Waals surface area contributed by atoms with Gasteiger partial charge in [0.2, 0.25) is 0 Å². The van der Waals surface area contributed by atoms with Gasteiger partial charge in [-0.25, -0.2) is 9.78 Å². The molecule has 0 aliphatic carbocycles. The maximum Gasteiger partial charge on any atom is 0.407 e. The molecule has 1 N–H and O–H groups in total. The summed E-state index contributed by atoms with van der Waals surface area (Å²) in [7, 11) is 2.03. The lowest BCUT2D eigenvalue weighted by Gasteiger charge is -2.20. The van der Waals surface area contributed by atoms with Crippen molar-refractivity contribution in [3.63, 3.8) is 0 Å². The van der Waals surface area contributed by atoms with E-state index in [2.05, 4.69) is 15.2 Å². The Bertz CT molecular complexity index is 660. The molecule has 120 valence electrons. The number of pyridine rings is 1. The summed E-state index contributed by atoms with van der Waals surface area (Å²) in [6.07, 6.45) is 3.27. The molecule has 0 spiro atoms. The third kappa shape index (κ3) is 3.80. The van der Waals surface area contributed by atoms with Crippen LogP contribution in [-0.2, 0) is 11.3 Å². The first-order chi connectivity index (χ1) is 11.2. The molecule has 1 aliphatic heterocycles. The number of aromatic nitrogens is 1. The number of benzene rings is 1. The number of ether oxygens (including phenoxy) is 1. The Labute approximate surface area is 136 Å². The van der Waals surface area contributed by atoms with Gasteiger partial charge in [-0.05, 0) is 24.5 Å². The first kappa shape index (κ1) is 15.3. The van der Waals surface area contributed by atoms with E-state index in [0.29, 0.717) is 0 Å². The van der Waals surface area contributed by atoms with Crippen LogP contribution in [0.4, 0.5) is 10.6 Å². The highest BCUT2D eigenvalue weighted by Gasteiger charge is 2.23. The minimum absolute atomic E-state index is 0.0630. The molecule has 1 amide bonds. The summed E-state index contributed by atoms with van der Waals surface area (Å²) in [5, 5.41) is 2.98. The van der Waals surface area contributed by atoms with Gasteiger partial charge in [-0.15, -0.1) is 0 Å². The fraction of sp³-hybridized carbons (Fsp3) is 0.333. The van der Waals surface area contributed by atoms with Crippen molar-refractivity contribution >= 4 is 11.9 Å². The highest BCUT2D eigenvalue weighted by molar-refractivity contribution is 5.68. The smallest absolute Gasteiger partial charge is 0.407 e. The number of anilines is 1. The molecule has 1 aromatic heterocycles. The van der Waals surface area contributed by atoms with Gasteiger partial charge >= 0.3 is 6.09 Å². The Morgan fingerprint density at radius 3 is 2.96 bits per heavy atom. The molecule has 5 heteroatoms. The first-order valence-corrected chi connectivity index (χ1v) is 7.87. The normalized spacial score (nSPS) is 17.1. The van der Waals surface area contributed by atoms with E-state index in [-0.39, 0.29) is 12.6 Å². The molecule has 5 nitrogen and oxygen atoms in total. The average Bonchev–Trinajstić information content (AvgIpc) is 2.74. The van der Waals surface area contributed by atoms with Gasteiger partial charge in [-0.3, -0.25) is 0 Å². The van der Waals surface area contributed by atoms with Crippen LogP contribution < -0.4 is 10.2 Å². The van der Waals surface area contributed by atoms with Gasteiger partial charge < -0.3 is 15.0 Å². The molecule has 0 saturated carbocycles. The van der Waals surface area contributed by atoms with Gasteiger partial charge in [-0.2, -0.15) is 0 Å². The van der Waals surface area contributed by atoms with Crippen molar-refractivity contribution in [2.45, 2.75) is 25.5 Å². The predicted octanol–water partition coefficient (Wildman–Crippen LogP) is 3.28. The van der Waals surface area contributed by atoms with Crippen molar-refractivity contribution in [1.82, 2.24) is 10.3 Å². The summed E-state index contributed by atoms with van der Waals surface area (Å²) in [6, 6.07) is 13.5. The highest BCUT2D eigenvalue weighted by Crippen LogP contribution is 2.30. The van der Waals surface area contributed by atoms with Gasteiger partial charge in [0.25, 0.3) is 0 Å². The van der Waals surface area contributed by atoms with E-state index < -0.39 is 6.09 Å². The summed E-state index contributed by atoms with van der Waals surface area (Å²) < 4.78 is 5.33. The zero-order chi connectivity index (χ0) is 16.1. The fourth-order valence-corrected chi connectivity index (χ4v) is 2.85. The number of carbonyl (C=O) groups is 1. The lowest BCUT2D eigenvalue weighted by Crippen LogP contribution is -2.29. The Balaban J connectivity index is 1.65. The molecule has 1 unspecified atom stereocenters. The molecule has 1 aromatic carbocycles. The van der Waals surface area contributed by atoms with Crippen LogP contribution in [0.5, 0.6) is 0 Å². The van der Waals surface area contributed by atoms with E-state index in [1.807, 2.05) is 49.5 Å². The highest BCUT2D eigenvalue weighted by atomic mass is 16.5. The third-order valence-corrected chi connectivity index (χ3v) is 4.05. The number of fused-ring (bicyclic) bond motifs is 1. The van der Waals surface area contributed by atoms with Gasteiger partial charge in [0.1, 0.15) is 12.4 Å². The van der Waals surface area contributed by atoms with Crippen LogP contribution in [0.2, 0.25) is 0 Å². The lowest BCUT2D eigenvalue weighted by molar-refractivity contribution is 0.135. The number of nitrogens with zero attached hydrogens (tertiary/aromatic N) is 2. The van der Waals surface area contributed by atoms with Crippen molar-refractivity contribution in [2.75, 3.05) is 18.5 Å². The molecule has 1 atom stereocenters. The number of nitrogens with one attached hydrogen (secondary N) is 1. The van der Waals surface area contributed by atoms with Gasteiger partial charge in [0, 0.05) is 25.4 Å². The van der Waals surface area contributed by atoms with Gasteiger partial charge in [-0.1, -0.05) is 36.4 Å². The van der Waals surface area contributed by atoms with Crippen LogP contribution in [0.15, 0.2) is 48.7 Å². The fourth-order valence-electron chi connectivity index (χ4n) is 2.85. The van der Waals surface area contributed by atoms with Crippen molar-refractivity contribution in [3.05, 3.63) is 59.8 Å². The minimum Gasteiger partial charge on any atom is -0.445 e. The van der Waals surface area contributed by atoms with Crippen LogP contribution >= 0.6 is 0 Å². The number of hydrogen-bond donors (Lipinski definition) is 1. The number of amides is 1. The summed E-state index contributed by atoms with van der Waals surface area (Å²) in [5.41, 5.74) is 2.02. The molecule has 1 aliphatic rings. The van der Waals surface area contributed by atoms with E-state index in [1.165, 1.54) is 0 Å². The third-order valence-electron chi connectivity index (χ3n) is 4.05. The predicted molar refractivity (Wildman–Crippen MR) is 89.2 cm³/mol. The molecule has 2 heterocycles. The quantitative estimate of drug-likeness (QED) is 0.945. The monoisotopic (exact) mass is 311 g/mol. The van der Waals surface area contributed by atoms with Crippen LogP contribution in [0.1, 0.15) is 30.0 Å². The molecule has 0 saturated heterocycles. The molecule has 3 rings (SSSR count). The summed E-state index contributed by atoms with van der Waals surface area (Å²) in [6.45, 7) is 1.21. The zero-order valence-electron chi connectivity index (χ0n) is 13.2. The van der Waals surface area contributed by atoms with Crippen LogP contribution in [0, 0.1) is 0 Å². The zero-order valence-corrected chi connectivity index (χ0v) is 13.2. The van der Waals surface area contributed by atoms with Crippen LogP contribution in [-0.4, -0.2) is 24.7 Å². The van der Waals surface area contributed by atoms with E-state index in [1.54, 1.807) is 6.20 Å². The molecule has 0 radical (unpaired) electrons. The van der Waals surface area contributed by atoms with E-state index in [9.17, 15) is 4.79 Å². The Morgan fingerprint density at radius 2 is 2.13 bits per heavy atom. The van der Waals surface area contributed by atoms with E-state index in [0.717, 1.165) is 36.3 Å². The van der Waals surface area contributed by atoms with Crippen molar-refractivity contribution in [2.24, 2.45) is 0 Å². The minimum atomic E-state index is -0.391.